The molecule has 2 nitrogen and oxygen atoms in total. The third-order valence-corrected chi connectivity index (χ3v) is 4.78. The fraction of sp³-hybridized carbons (Fsp3) is 0.286. The van der Waals surface area contributed by atoms with Gasteiger partial charge in [-0.05, 0) is 45.6 Å². The first kappa shape index (κ1) is 13.7. The van der Waals surface area contributed by atoms with Gasteiger partial charge in [0, 0.05) is 14.7 Å². The second-order valence-electron chi connectivity index (χ2n) is 4.37. The number of hydrogen-bond donors (Lipinski definition) is 2. The molecule has 2 aromatic rings. The summed E-state index contributed by atoms with van der Waals surface area (Å²) in [4.78, 5) is 0.946. The molecule has 0 amide bonds. The second kappa shape index (κ2) is 5.97. The van der Waals surface area contributed by atoms with Crippen molar-refractivity contribution in [3.63, 3.8) is 0 Å². The second-order valence-corrected chi connectivity index (χ2v) is 6.23. The highest BCUT2D eigenvalue weighted by Gasteiger charge is 2.13. The molecule has 0 saturated heterocycles. The van der Waals surface area contributed by atoms with Crippen LogP contribution in [0, 0.1) is 0 Å². The summed E-state index contributed by atoms with van der Waals surface area (Å²) in [5, 5.41) is 12.2. The summed E-state index contributed by atoms with van der Waals surface area (Å²) in [6, 6.07) is 9.97. The molecule has 0 aliphatic rings. The van der Waals surface area contributed by atoms with E-state index in [2.05, 4.69) is 22.9 Å². The van der Waals surface area contributed by atoms with Crippen LogP contribution in [0.3, 0.4) is 0 Å². The highest BCUT2D eigenvalue weighted by Crippen LogP contribution is 2.30. The molecular formula is C14H16BrNOS. The van der Waals surface area contributed by atoms with Crippen LogP contribution in [-0.4, -0.2) is 11.7 Å². The van der Waals surface area contributed by atoms with Gasteiger partial charge in [0.05, 0.1) is 0 Å². The minimum atomic E-state index is -0.552. The van der Waals surface area contributed by atoms with E-state index < -0.39 is 6.10 Å². The summed E-state index contributed by atoms with van der Waals surface area (Å²) >= 11 is 4.95. The van der Waals surface area contributed by atoms with Crippen LogP contribution in [0.4, 0.5) is 0 Å². The Balaban J connectivity index is 2.19. The van der Waals surface area contributed by atoms with Crippen molar-refractivity contribution in [1.29, 1.82) is 0 Å². The van der Waals surface area contributed by atoms with E-state index in [4.69, 9.17) is 5.73 Å². The molecule has 0 radical (unpaired) electrons. The van der Waals surface area contributed by atoms with Crippen molar-refractivity contribution in [2.24, 2.45) is 5.73 Å². The van der Waals surface area contributed by atoms with E-state index in [1.165, 1.54) is 5.56 Å². The van der Waals surface area contributed by atoms with Crippen molar-refractivity contribution in [3.8, 4) is 0 Å². The fourth-order valence-electron chi connectivity index (χ4n) is 1.78. The van der Waals surface area contributed by atoms with Crippen molar-refractivity contribution >= 4 is 27.3 Å². The maximum absolute atomic E-state index is 10.3. The van der Waals surface area contributed by atoms with Crippen molar-refractivity contribution in [2.45, 2.75) is 18.9 Å². The number of aliphatic hydroxyl groups is 1. The maximum Gasteiger partial charge on any atom is 0.113 e. The zero-order valence-corrected chi connectivity index (χ0v) is 12.5. The summed E-state index contributed by atoms with van der Waals surface area (Å²) in [5.74, 6) is 0.354. The maximum atomic E-state index is 10.3. The topological polar surface area (TPSA) is 46.2 Å². The van der Waals surface area contributed by atoms with E-state index in [-0.39, 0.29) is 0 Å². The molecule has 2 atom stereocenters. The monoisotopic (exact) mass is 325 g/mol. The lowest BCUT2D eigenvalue weighted by molar-refractivity contribution is 0.224. The molecule has 0 fully saturated rings. The first-order valence-electron chi connectivity index (χ1n) is 5.83. The summed E-state index contributed by atoms with van der Waals surface area (Å²) in [5.41, 5.74) is 7.77. The smallest absolute Gasteiger partial charge is 0.113 e. The lowest BCUT2D eigenvalue weighted by atomic mass is 9.98. The van der Waals surface area contributed by atoms with Gasteiger partial charge in [0.15, 0.2) is 0 Å². The molecule has 4 heteroatoms. The van der Waals surface area contributed by atoms with Gasteiger partial charge >= 0.3 is 0 Å². The molecule has 0 spiro atoms. The van der Waals surface area contributed by atoms with E-state index in [0.717, 1.165) is 14.9 Å². The summed E-state index contributed by atoms with van der Waals surface area (Å²) < 4.78 is 1.01. The molecule has 0 saturated carbocycles. The normalized spacial score (nSPS) is 14.4. The Morgan fingerprint density at radius 3 is 2.39 bits per heavy atom. The van der Waals surface area contributed by atoms with E-state index in [0.29, 0.717) is 12.5 Å². The van der Waals surface area contributed by atoms with Crippen molar-refractivity contribution in [3.05, 3.63) is 56.2 Å². The molecule has 2 rings (SSSR count). The van der Waals surface area contributed by atoms with Gasteiger partial charge in [-0.3, -0.25) is 0 Å². The number of halogens is 1. The SMILES string of the molecule is CC(CN)c1ccc(C(O)c2cc(Br)cs2)cc1. The van der Waals surface area contributed by atoms with Gasteiger partial charge in [-0.2, -0.15) is 0 Å². The van der Waals surface area contributed by atoms with Crippen molar-refractivity contribution in [1.82, 2.24) is 0 Å². The van der Waals surface area contributed by atoms with Gasteiger partial charge < -0.3 is 10.8 Å². The highest BCUT2D eigenvalue weighted by atomic mass is 79.9. The lowest BCUT2D eigenvalue weighted by Crippen LogP contribution is -2.09. The van der Waals surface area contributed by atoms with Crippen LogP contribution in [0.5, 0.6) is 0 Å². The van der Waals surface area contributed by atoms with Crippen molar-refractivity contribution in [2.75, 3.05) is 6.54 Å². The summed E-state index contributed by atoms with van der Waals surface area (Å²) in [7, 11) is 0. The largest absolute Gasteiger partial charge is 0.383 e. The zero-order chi connectivity index (χ0) is 13.1. The molecule has 18 heavy (non-hydrogen) atoms. The number of hydrogen-bond acceptors (Lipinski definition) is 3. The minimum Gasteiger partial charge on any atom is -0.383 e. The quantitative estimate of drug-likeness (QED) is 0.901. The highest BCUT2D eigenvalue weighted by molar-refractivity contribution is 9.10. The molecule has 1 aromatic carbocycles. The van der Waals surface area contributed by atoms with Crippen LogP contribution < -0.4 is 5.73 Å². The number of benzene rings is 1. The molecule has 0 aliphatic carbocycles. The van der Waals surface area contributed by atoms with Crippen LogP contribution in [0.15, 0.2) is 40.2 Å². The Labute approximate surface area is 120 Å². The van der Waals surface area contributed by atoms with Crippen LogP contribution in [0.1, 0.15) is 34.9 Å². The number of thiophene rings is 1. The number of aliphatic hydroxyl groups excluding tert-OH is 1. The van der Waals surface area contributed by atoms with Gasteiger partial charge in [0.25, 0.3) is 0 Å². The van der Waals surface area contributed by atoms with Crippen molar-refractivity contribution < 1.29 is 5.11 Å². The van der Waals surface area contributed by atoms with Gasteiger partial charge in [-0.1, -0.05) is 31.2 Å². The summed E-state index contributed by atoms with van der Waals surface area (Å²) in [6.45, 7) is 2.74. The molecule has 1 aromatic heterocycles. The van der Waals surface area contributed by atoms with Gasteiger partial charge in [0.2, 0.25) is 0 Å². The Bertz CT molecular complexity index is 509. The molecule has 96 valence electrons. The standard InChI is InChI=1S/C14H16BrNOS/c1-9(7-16)10-2-4-11(5-3-10)14(17)13-6-12(15)8-18-13/h2-6,8-9,14,17H,7,16H2,1H3. The number of nitrogens with two attached hydrogens (primary N) is 1. The Hall–Kier alpha value is -0.680. The minimum absolute atomic E-state index is 0.354. The predicted molar refractivity (Wildman–Crippen MR) is 80.0 cm³/mol. The van der Waals surface area contributed by atoms with Gasteiger partial charge in [-0.25, -0.2) is 0 Å². The van der Waals surface area contributed by atoms with Gasteiger partial charge in [-0.15, -0.1) is 11.3 Å². The third kappa shape index (κ3) is 3.01. The average molecular weight is 326 g/mol. The Kier molecular flexibility index (Phi) is 4.56. The molecule has 0 aliphatic heterocycles. The lowest BCUT2D eigenvalue weighted by Gasteiger charge is -2.12. The Morgan fingerprint density at radius 1 is 1.28 bits per heavy atom. The van der Waals surface area contributed by atoms with E-state index >= 15 is 0 Å². The van der Waals surface area contributed by atoms with Crippen LogP contribution in [0.2, 0.25) is 0 Å². The molecule has 1 heterocycles. The van der Waals surface area contributed by atoms with Crippen LogP contribution >= 0.6 is 27.3 Å². The summed E-state index contributed by atoms with van der Waals surface area (Å²) in [6.07, 6.45) is -0.552. The number of rotatable bonds is 4. The van der Waals surface area contributed by atoms with E-state index in [1.807, 2.05) is 35.7 Å². The predicted octanol–water partition coefficient (Wildman–Crippen LogP) is 3.65. The molecule has 2 unspecified atom stereocenters. The third-order valence-electron chi connectivity index (χ3n) is 3.03. The molecule has 3 N–H and O–H groups in total. The van der Waals surface area contributed by atoms with Crippen LogP contribution in [0.25, 0.3) is 0 Å². The van der Waals surface area contributed by atoms with E-state index in [9.17, 15) is 5.11 Å². The first-order chi connectivity index (χ1) is 8.61. The zero-order valence-electron chi connectivity index (χ0n) is 10.1. The average Bonchev–Trinajstić information content (AvgIpc) is 2.84. The Morgan fingerprint density at radius 2 is 1.89 bits per heavy atom. The first-order valence-corrected chi connectivity index (χ1v) is 7.51. The van der Waals surface area contributed by atoms with E-state index in [1.54, 1.807) is 11.3 Å². The van der Waals surface area contributed by atoms with Gasteiger partial charge in [0.1, 0.15) is 6.10 Å². The van der Waals surface area contributed by atoms with Crippen LogP contribution in [-0.2, 0) is 0 Å². The molecular weight excluding hydrogens is 310 g/mol. The molecule has 0 bridgehead atoms. The fourth-order valence-corrected chi connectivity index (χ4v) is 3.23.